The summed E-state index contributed by atoms with van der Waals surface area (Å²) in [5.41, 5.74) is -0.907. The van der Waals surface area contributed by atoms with Gasteiger partial charge < -0.3 is 31.3 Å². The third kappa shape index (κ3) is 14.2. The van der Waals surface area contributed by atoms with E-state index >= 15 is 0 Å². The average Bonchev–Trinajstić information content (AvgIpc) is 2.73. The topological polar surface area (TPSA) is 64.6 Å². The first-order valence-corrected chi connectivity index (χ1v) is 20.1. The summed E-state index contributed by atoms with van der Waals surface area (Å²) >= 11 is 0. The van der Waals surface area contributed by atoms with Crippen LogP contribution in [0.2, 0.25) is 18.1 Å². The molecule has 10 heteroatoms. The van der Waals surface area contributed by atoms with Crippen LogP contribution in [0.15, 0.2) is 0 Å². The van der Waals surface area contributed by atoms with Crippen molar-refractivity contribution in [2.45, 2.75) is 132 Å². The molecule has 0 bridgehead atoms. The lowest BCUT2D eigenvalue weighted by molar-refractivity contribution is -0.00835. The van der Waals surface area contributed by atoms with Gasteiger partial charge in [0, 0.05) is 13.2 Å². The molecule has 0 fully saturated rings. The van der Waals surface area contributed by atoms with Crippen LogP contribution in [0, 0.1) is 0 Å². The fourth-order valence-corrected chi connectivity index (χ4v) is 17.2. The minimum atomic E-state index is -2.97. The van der Waals surface area contributed by atoms with Crippen LogP contribution in [0.3, 0.4) is 0 Å². The minimum Gasteiger partial charge on any atom is -0.412 e. The van der Waals surface area contributed by atoms with Crippen LogP contribution in [-0.4, -0.2) is 74.4 Å². The van der Waals surface area contributed by atoms with Crippen molar-refractivity contribution in [1.82, 2.24) is 0 Å². The molecule has 35 heavy (non-hydrogen) atoms. The molecule has 0 spiro atoms. The van der Waals surface area contributed by atoms with Gasteiger partial charge in [-0.2, -0.15) is 0 Å². The van der Waals surface area contributed by atoms with Gasteiger partial charge in [0.15, 0.2) is 0 Å². The maximum absolute atomic E-state index is 7.17. The molecule has 2 atom stereocenters. The van der Waals surface area contributed by atoms with E-state index in [1.807, 2.05) is 13.8 Å². The fraction of sp³-hybridized carbons (Fsp3) is 1.00. The molecule has 212 valence electrons. The van der Waals surface area contributed by atoms with Gasteiger partial charge in [-0.3, -0.25) is 0 Å². The first-order valence-electron chi connectivity index (χ1n) is 13.4. The normalized spacial score (nSPS) is 18.7. The van der Waals surface area contributed by atoms with Crippen LogP contribution in [0.5, 0.6) is 0 Å². The number of hydrogen-bond acceptors (Lipinski definition) is 7. The molecule has 0 saturated carbocycles. The standard InChI is InChI=1S/C25H58O7Si3/c1-15-29-33(17-3,20-26-23(6,7)8)31-35(19-5,22-28-25(12,13)14)32-34(18-4,30-16-2)21-27-24(9,10)11/h15-22H2,1-14H3. The molecule has 0 amide bonds. The fourth-order valence-electron chi connectivity index (χ4n) is 3.26. The van der Waals surface area contributed by atoms with E-state index in [-0.39, 0.29) is 16.8 Å². The third-order valence-electron chi connectivity index (χ3n) is 5.35. The molecule has 0 aliphatic rings. The highest BCUT2D eigenvalue weighted by Crippen LogP contribution is 2.32. The van der Waals surface area contributed by atoms with Gasteiger partial charge in [-0.05, 0) is 94.3 Å². The third-order valence-corrected chi connectivity index (χ3v) is 17.9. The smallest absolute Gasteiger partial charge is 0.355 e. The molecular weight excluding hydrogens is 497 g/mol. The summed E-state index contributed by atoms with van der Waals surface area (Å²) in [4.78, 5) is 0. The summed E-state index contributed by atoms with van der Waals surface area (Å²) in [5.74, 6) is 0. The molecule has 0 saturated heterocycles. The molecule has 0 heterocycles. The Bertz CT molecular complexity index is 549. The van der Waals surface area contributed by atoms with E-state index in [2.05, 4.69) is 83.1 Å². The monoisotopic (exact) mass is 554 g/mol. The summed E-state index contributed by atoms with van der Waals surface area (Å²) in [7, 11) is -8.50. The Balaban J connectivity index is 6.46. The second kappa shape index (κ2) is 14.5. The zero-order valence-electron chi connectivity index (χ0n) is 25.5. The molecule has 0 rings (SSSR count). The Morgan fingerprint density at radius 2 is 0.686 bits per heavy atom. The SMILES string of the molecule is CCO[Si](CC)(COC(C)(C)C)O[Si](CC)(COC(C)(C)C)O[Si](CC)(COC(C)(C)C)OCC. The van der Waals surface area contributed by atoms with Crippen molar-refractivity contribution in [3.63, 3.8) is 0 Å². The highest BCUT2D eigenvalue weighted by atomic mass is 28.5. The van der Waals surface area contributed by atoms with E-state index < -0.39 is 25.7 Å². The molecule has 0 aliphatic heterocycles. The Morgan fingerprint density at radius 1 is 0.429 bits per heavy atom. The predicted molar refractivity (Wildman–Crippen MR) is 151 cm³/mol. The van der Waals surface area contributed by atoms with E-state index in [9.17, 15) is 0 Å². The van der Waals surface area contributed by atoms with Crippen LogP contribution in [0.25, 0.3) is 0 Å². The van der Waals surface area contributed by atoms with Crippen LogP contribution < -0.4 is 0 Å². The van der Waals surface area contributed by atoms with Gasteiger partial charge in [-0.25, -0.2) is 0 Å². The number of ether oxygens (including phenoxy) is 3. The van der Waals surface area contributed by atoms with Gasteiger partial charge in [-0.1, -0.05) is 20.8 Å². The molecule has 0 aliphatic carbocycles. The number of hydrogen-bond donors (Lipinski definition) is 0. The lowest BCUT2D eigenvalue weighted by Gasteiger charge is -2.45. The molecule has 0 aromatic heterocycles. The van der Waals surface area contributed by atoms with Crippen molar-refractivity contribution in [3.8, 4) is 0 Å². The Hall–Kier alpha value is 0.371. The summed E-state index contributed by atoms with van der Waals surface area (Å²) in [5, 5.41) is 0. The van der Waals surface area contributed by atoms with Crippen molar-refractivity contribution in [2.24, 2.45) is 0 Å². The summed E-state index contributed by atoms with van der Waals surface area (Å²) in [6, 6.07) is 2.24. The maximum Gasteiger partial charge on any atom is 0.355 e. The molecular formula is C25H58O7Si3. The highest BCUT2D eigenvalue weighted by Gasteiger charge is 2.54. The molecule has 2 unspecified atom stereocenters. The van der Waals surface area contributed by atoms with Gasteiger partial charge in [0.1, 0.15) is 0 Å². The Morgan fingerprint density at radius 3 is 0.886 bits per heavy atom. The number of rotatable bonds is 17. The van der Waals surface area contributed by atoms with Crippen molar-refractivity contribution < 1.29 is 31.3 Å². The van der Waals surface area contributed by atoms with Crippen molar-refractivity contribution in [2.75, 3.05) is 31.9 Å². The summed E-state index contributed by atoms with van der Waals surface area (Å²) in [6.45, 7) is 30.1. The largest absolute Gasteiger partial charge is 0.412 e. The maximum atomic E-state index is 7.17. The van der Waals surface area contributed by atoms with Crippen molar-refractivity contribution >= 4 is 25.7 Å². The van der Waals surface area contributed by atoms with Crippen LogP contribution >= 0.6 is 0 Å². The lowest BCUT2D eigenvalue weighted by atomic mass is 10.2. The molecule has 0 aromatic carbocycles. The van der Waals surface area contributed by atoms with Crippen LogP contribution in [0.4, 0.5) is 0 Å². The van der Waals surface area contributed by atoms with Gasteiger partial charge in [0.25, 0.3) is 0 Å². The van der Waals surface area contributed by atoms with Crippen LogP contribution in [0.1, 0.15) is 96.9 Å². The first kappa shape index (κ1) is 35.4. The second-order valence-corrected chi connectivity index (χ2v) is 22.7. The second-order valence-electron chi connectivity index (χ2n) is 12.1. The van der Waals surface area contributed by atoms with E-state index in [4.69, 9.17) is 31.3 Å². The van der Waals surface area contributed by atoms with Crippen molar-refractivity contribution in [3.05, 3.63) is 0 Å². The van der Waals surface area contributed by atoms with Gasteiger partial charge in [0.05, 0.1) is 35.5 Å². The summed E-state index contributed by atoms with van der Waals surface area (Å²) < 4.78 is 46.1. The predicted octanol–water partition coefficient (Wildman–Crippen LogP) is 6.54. The Labute approximate surface area is 220 Å². The molecule has 7 nitrogen and oxygen atoms in total. The zero-order valence-corrected chi connectivity index (χ0v) is 28.5. The first-order chi connectivity index (χ1) is 15.8. The van der Waals surface area contributed by atoms with Gasteiger partial charge >= 0.3 is 25.7 Å². The van der Waals surface area contributed by atoms with Gasteiger partial charge in [-0.15, -0.1) is 0 Å². The lowest BCUT2D eigenvalue weighted by Crippen LogP contribution is -2.66. The van der Waals surface area contributed by atoms with E-state index in [0.717, 1.165) is 18.1 Å². The minimum absolute atomic E-state index is 0.291. The van der Waals surface area contributed by atoms with E-state index in [1.165, 1.54) is 0 Å². The highest BCUT2D eigenvalue weighted by molar-refractivity contribution is 6.87. The Kier molecular flexibility index (Phi) is 14.7. The van der Waals surface area contributed by atoms with Crippen LogP contribution in [-0.2, 0) is 31.3 Å². The van der Waals surface area contributed by atoms with Gasteiger partial charge in [0.2, 0.25) is 0 Å². The molecule has 0 N–H and O–H groups in total. The average molecular weight is 555 g/mol. The van der Waals surface area contributed by atoms with Crippen molar-refractivity contribution in [1.29, 1.82) is 0 Å². The quantitative estimate of drug-likeness (QED) is 0.189. The van der Waals surface area contributed by atoms with E-state index in [0.29, 0.717) is 31.9 Å². The van der Waals surface area contributed by atoms with E-state index in [1.54, 1.807) is 0 Å². The molecule has 0 radical (unpaired) electrons. The summed E-state index contributed by atoms with van der Waals surface area (Å²) in [6.07, 6.45) is 1.30. The molecule has 0 aromatic rings. The zero-order chi connectivity index (χ0) is 27.6.